The van der Waals surface area contributed by atoms with Gasteiger partial charge in [-0.15, -0.1) is 0 Å². The number of carbonyl (C=O) groups excluding carboxylic acids is 2. The summed E-state index contributed by atoms with van der Waals surface area (Å²) in [6, 6.07) is 18.3. The van der Waals surface area contributed by atoms with Crippen molar-refractivity contribution in [3.63, 3.8) is 0 Å². The van der Waals surface area contributed by atoms with E-state index >= 15 is 0 Å². The predicted molar refractivity (Wildman–Crippen MR) is 150 cm³/mol. The summed E-state index contributed by atoms with van der Waals surface area (Å²) in [7, 11) is 3.07. The Hall–Kier alpha value is -4.06. The lowest BCUT2D eigenvalue weighted by Gasteiger charge is -2.39. The summed E-state index contributed by atoms with van der Waals surface area (Å²) in [5.41, 5.74) is 9.08. The number of benzene rings is 3. The lowest BCUT2D eigenvalue weighted by Crippen LogP contribution is -2.51. The van der Waals surface area contributed by atoms with Gasteiger partial charge in [-0.25, -0.2) is 0 Å². The normalized spacial score (nSPS) is 16.6. The highest BCUT2D eigenvalue weighted by molar-refractivity contribution is 6.31. The number of hydrogen-bond donors (Lipinski definition) is 2. The number of amides is 2. The fraction of sp³-hybridized carbons (Fsp3) is 0.300. The predicted octanol–water partition coefficient (Wildman–Crippen LogP) is 5.39. The van der Waals surface area contributed by atoms with Crippen LogP contribution in [-0.4, -0.2) is 43.0 Å². The van der Waals surface area contributed by atoms with E-state index in [1.165, 1.54) is 7.11 Å². The number of halogens is 1. The van der Waals surface area contributed by atoms with Gasteiger partial charge in [0.2, 0.25) is 0 Å². The van der Waals surface area contributed by atoms with Crippen LogP contribution in [0.1, 0.15) is 57.5 Å². The molecule has 2 unspecified atom stereocenters. The molecule has 0 saturated heterocycles. The molecule has 0 radical (unpaired) electrons. The SMILES string of the molecule is COc1ccc(C(=O)N(Cc2cc(NC(=O)c3ccc(C#N)cc3)ccc2Cl)C2CCCCC2N)cc1OC. The van der Waals surface area contributed by atoms with Gasteiger partial charge in [0.05, 0.1) is 25.9 Å². The summed E-state index contributed by atoms with van der Waals surface area (Å²) < 4.78 is 10.7. The highest BCUT2D eigenvalue weighted by atomic mass is 35.5. The van der Waals surface area contributed by atoms with Crippen LogP contribution in [0.5, 0.6) is 11.5 Å². The second kappa shape index (κ2) is 12.7. The van der Waals surface area contributed by atoms with Crippen LogP contribution in [0.15, 0.2) is 60.7 Å². The number of carbonyl (C=O) groups is 2. The van der Waals surface area contributed by atoms with Crippen LogP contribution in [0.25, 0.3) is 0 Å². The van der Waals surface area contributed by atoms with Crippen molar-refractivity contribution in [3.8, 4) is 17.6 Å². The second-order valence-corrected chi connectivity index (χ2v) is 9.88. The van der Waals surface area contributed by atoms with Gasteiger partial charge < -0.3 is 25.4 Å². The fourth-order valence-corrected chi connectivity index (χ4v) is 5.04. The molecule has 4 rings (SSSR count). The molecule has 2 amide bonds. The highest BCUT2D eigenvalue weighted by Gasteiger charge is 2.32. The van der Waals surface area contributed by atoms with Gasteiger partial charge in [-0.05, 0) is 79.1 Å². The van der Waals surface area contributed by atoms with Crippen LogP contribution in [-0.2, 0) is 6.54 Å². The molecular weight excluding hydrogens is 516 g/mol. The Morgan fingerprint density at radius 3 is 2.36 bits per heavy atom. The first-order valence-corrected chi connectivity index (χ1v) is 13.1. The molecule has 1 aliphatic carbocycles. The van der Waals surface area contributed by atoms with E-state index in [0.717, 1.165) is 25.7 Å². The third-order valence-electron chi connectivity index (χ3n) is 6.99. The van der Waals surface area contributed by atoms with Crippen molar-refractivity contribution >= 4 is 29.1 Å². The summed E-state index contributed by atoms with van der Waals surface area (Å²) in [6.07, 6.45) is 3.61. The summed E-state index contributed by atoms with van der Waals surface area (Å²) in [6.45, 7) is 0.213. The first-order valence-electron chi connectivity index (χ1n) is 12.7. The Labute approximate surface area is 233 Å². The molecule has 202 valence electrons. The van der Waals surface area contributed by atoms with Gasteiger partial charge in [-0.2, -0.15) is 5.26 Å². The average Bonchev–Trinajstić information content (AvgIpc) is 2.97. The van der Waals surface area contributed by atoms with Crippen LogP contribution in [0.2, 0.25) is 5.02 Å². The minimum absolute atomic E-state index is 0.166. The van der Waals surface area contributed by atoms with Gasteiger partial charge in [-0.3, -0.25) is 9.59 Å². The molecule has 0 bridgehead atoms. The van der Waals surface area contributed by atoms with Crippen molar-refractivity contribution in [2.24, 2.45) is 5.73 Å². The minimum atomic E-state index is -0.319. The van der Waals surface area contributed by atoms with Crippen molar-refractivity contribution < 1.29 is 19.1 Å². The number of ether oxygens (including phenoxy) is 2. The lowest BCUT2D eigenvalue weighted by molar-refractivity contribution is 0.0583. The zero-order chi connectivity index (χ0) is 27.9. The van der Waals surface area contributed by atoms with E-state index in [0.29, 0.717) is 44.5 Å². The van der Waals surface area contributed by atoms with E-state index in [9.17, 15) is 9.59 Å². The highest BCUT2D eigenvalue weighted by Crippen LogP contribution is 2.32. The first kappa shape index (κ1) is 28.0. The molecule has 1 fully saturated rings. The van der Waals surface area contributed by atoms with Gasteiger partial charge >= 0.3 is 0 Å². The second-order valence-electron chi connectivity index (χ2n) is 9.47. The standard InChI is InChI=1S/C30H31ClN4O4/c1-38-27-14-11-21(16-28(27)39-2)30(37)35(26-6-4-3-5-25(26)33)18-22-15-23(12-13-24(22)31)34-29(36)20-9-7-19(17-32)8-10-20/h7-16,25-26H,3-6,18,33H2,1-2H3,(H,34,36). The molecule has 39 heavy (non-hydrogen) atoms. The Bertz CT molecular complexity index is 1390. The topological polar surface area (TPSA) is 118 Å². The number of nitrogens with one attached hydrogen (secondary N) is 1. The summed E-state index contributed by atoms with van der Waals surface area (Å²) >= 11 is 6.59. The quantitative estimate of drug-likeness (QED) is 0.391. The molecule has 0 spiro atoms. The minimum Gasteiger partial charge on any atom is -0.493 e. The average molecular weight is 547 g/mol. The Kier molecular flexibility index (Phi) is 9.07. The van der Waals surface area contributed by atoms with Crippen molar-refractivity contribution in [1.29, 1.82) is 5.26 Å². The Morgan fingerprint density at radius 2 is 1.69 bits per heavy atom. The maximum absolute atomic E-state index is 13.9. The van der Waals surface area contributed by atoms with E-state index in [-0.39, 0.29) is 30.4 Å². The van der Waals surface area contributed by atoms with E-state index in [1.807, 2.05) is 6.07 Å². The molecule has 1 saturated carbocycles. The Morgan fingerprint density at radius 1 is 1.00 bits per heavy atom. The maximum atomic E-state index is 13.9. The van der Waals surface area contributed by atoms with E-state index in [1.54, 1.807) is 72.7 Å². The van der Waals surface area contributed by atoms with Crippen LogP contribution in [0, 0.1) is 11.3 Å². The van der Waals surface area contributed by atoms with Crippen molar-refractivity contribution in [3.05, 3.63) is 87.9 Å². The molecule has 2 atom stereocenters. The summed E-state index contributed by atoms with van der Waals surface area (Å²) in [5.74, 6) is 0.479. The largest absolute Gasteiger partial charge is 0.493 e. The lowest BCUT2D eigenvalue weighted by atomic mass is 9.89. The summed E-state index contributed by atoms with van der Waals surface area (Å²) in [5, 5.41) is 12.3. The van der Waals surface area contributed by atoms with Crippen LogP contribution in [0.4, 0.5) is 5.69 Å². The van der Waals surface area contributed by atoms with E-state index < -0.39 is 0 Å². The number of hydrogen-bond acceptors (Lipinski definition) is 6. The summed E-state index contributed by atoms with van der Waals surface area (Å²) in [4.78, 5) is 28.5. The van der Waals surface area contributed by atoms with Crippen LogP contribution < -0.4 is 20.5 Å². The molecule has 9 heteroatoms. The van der Waals surface area contributed by atoms with E-state index in [2.05, 4.69) is 5.32 Å². The third kappa shape index (κ3) is 6.51. The van der Waals surface area contributed by atoms with Crippen molar-refractivity contribution in [2.45, 2.75) is 44.3 Å². The third-order valence-corrected chi connectivity index (χ3v) is 7.36. The fourth-order valence-electron chi connectivity index (χ4n) is 4.86. The molecule has 3 N–H and O–H groups in total. The Balaban J connectivity index is 1.62. The number of nitrogens with zero attached hydrogens (tertiary/aromatic N) is 2. The molecule has 3 aromatic rings. The maximum Gasteiger partial charge on any atom is 0.255 e. The number of anilines is 1. The molecule has 0 aromatic heterocycles. The van der Waals surface area contributed by atoms with Gasteiger partial charge in [-0.1, -0.05) is 24.4 Å². The van der Waals surface area contributed by atoms with Crippen LogP contribution in [0.3, 0.4) is 0 Å². The van der Waals surface area contributed by atoms with Crippen molar-refractivity contribution in [2.75, 3.05) is 19.5 Å². The number of methoxy groups -OCH3 is 2. The van der Waals surface area contributed by atoms with Crippen molar-refractivity contribution in [1.82, 2.24) is 4.90 Å². The smallest absolute Gasteiger partial charge is 0.255 e. The molecular formula is C30H31ClN4O4. The number of rotatable bonds is 8. The number of nitriles is 1. The molecule has 3 aromatic carbocycles. The van der Waals surface area contributed by atoms with Gasteiger partial charge in [0, 0.05) is 40.5 Å². The monoisotopic (exact) mass is 546 g/mol. The number of nitrogens with two attached hydrogens (primary N) is 1. The molecule has 0 heterocycles. The zero-order valence-corrected chi connectivity index (χ0v) is 22.7. The molecule has 1 aliphatic rings. The van der Waals surface area contributed by atoms with Gasteiger partial charge in [0.15, 0.2) is 11.5 Å². The molecule has 0 aliphatic heterocycles. The van der Waals surface area contributed by atoms with E-state index in [4.69, 9.17) is 32.1 Å². The molecule has 8 nitrogen and oxygen atoms in total. The first-order chi connectivity index (χ1) is 18.8. The zero-order valence-electron chi connectivity index (χ0n) is 21.9. The van der Waals surface area contributed by atoms with Crippen LogP contribution >= 0.6 is 11.6 Å². The van der Waals surface area contributed by atoms with Gasteiger partial charge in [0.25, 0.3) is 11.8 Å². The van der Waals surface area contributed by atoms with Gasteiger partial charge in [0.1, 0.15) is 0 Å².